The molecule has 15 heavy (non-hydrogen) atoms. The van der Waals surface area contributed by atoms with Gasteiger partial charge in [0, 0.05) is 0 Å². The van der Waals surface area contributed by atoms with Crippen LogP contribution >= 0.6 is 0 Å². The molecule has 0 N–H and O–H groups in total. The van der Waals surface area contributed by atoms with Gasteiger partial charge in [0.1, 0.15) is 0 Å². The fourth-order valence-corrected chi connectivity index (χ4v) is 2.47. The van der Waals surface area contributed by atoms with Gasteiger partial charge in [0.15, 0.2) is 5.78 Å². The molecular formula is C14H20O. The largest absolute Gasteiger partial charge is 0.295 e. The maximum Gasteiger partial charge on any atom is 0.152 e. The first-order valence-corrected chi connectivity index (χ1v) is 5.42. The lowest BCUT2D eigenvalue weighted by Gasteiger charge is -2.32. The molecule has 0 atom stereocenters. The van der Waals surface area contributed by atoms with Crippen LogP contribution in [0.5, 0.6) is 0 Å². The number of carbonyl (C=O) groups excluding carboxylic acids is 1. The molecular weight excluding hydrogens is 184 g/mol. The van der Waals surface area contributed by atoms with E-state index in [1.165, 1.54) is 11.1 Å². The van der Waals surface area contributed by atoms with Crippen LogP contribution in [0.2, 0.25) is 0 Å². The average molecular weight is 204 g/mol. The summed E-state index contributed by atoms with van der Waals surface area (Å²) in [5.41, 5.74) is 3.85. The van der Waals surface area contributed by atoms with Crippen LogP contribution in [0, 0.1) is 5.41 Å². The van der Waals surface area contributed by atoms with Crippen molar-refractivity contribution in [2.45, 2.75) is 41.0 Å². The molecule has 0 aromatic heterocycles. The monoisotopic (exact) mass is 204 g/mol. The molecule has 0 spiro atoms. The molecule has 1 aliphatic rings. The summed E-state index contributed by atoms with van der Waals surface area (Å²) >= 11 is 0. The molecule has 1 rings (SSSR count). The van der Waals surface area contributed by atoms with Gasteiger partial charge >= 0.3 is 0 Å². The Morgan fingerprint density at radius 1 is 1.40 bits per heavy atom. The van der Waals surface area contributed by atoms with Gasteiger partial charge < -0.3 is 0 Å². The van der Waals surface area contributed by atoms with Gasteiger partial charge in [0.05, 0.1) is 0 Å². The van der Waals surface area contributed by atoms with Crippen molar-refractivity contribution in [1.29, 1.82) is 0 Å². The topological polar surface area (TPSA) is 17.1 Å². The third-order valence-corrected chi connectivity index (χ3v) is 2.88. The molecule has 0 unspecified atom stereocenters. The Kier molecular flexibility index (Phi) is 3.33. The highest BCUT2D eigenvalue weighted by atomic mass is 16.1. The molecule has 0 amide bonds. The summed E-state index contributed by atoms with van der Waals surface area (Å²) < 4.78 is 0. The minimum atomic E-state index is 0.123. The number of rotatable bonds is 2. The summed E-state index contributed by atoms with van der Waals surface area (Å²) in [5, 5.41) is 0. The summed E-state index contributed by atoms with van der Waals surface area (Å²) in [5.74, 6) is 0.123. The maximum absolute atomic E-state index is 11.1. The Balaban J connectivity index is 3.20. The molecule has 0 fully saturated rings. The molecule has 1 heteroatoms. The van der Waals surface area contributed by atoms with Crippen LogP contribution in [0.4, 0.5) is 0 Å². The highest BCUT2D eigenvalue weighted by Gasteiger charge is 2.26. The van der Waals surface area contributed by atoms with Gasteiger partial charge in [0.25, 0.3) is 0 Å². The lowest BCUT2D eigenvalue weighted by molar-refractivity contribution is -0.112. The van der Waals surface area contributed by atoms with Crippen LogP contribution in [-0.4, -0.2) is 5.78 Å². The van der Waals surface area contributed by atoms with Crippen LogP contribution in [0.3, 0.4) is 0 Å². The summed E-state index contributed by atoms with van der Waals surface area (Å²) in [7, 11) is 0. The van der Waals surface area contributed by atoms with Gasteiger partial charge in [0.2, 0.25) is 0 Å². The molecule has 0 aromatic rings. The zero-order chi connectivity index (χ0) is 11.6. The van der Waals surface area contributed by atoms with Crippen molar-refractivity contribution in [1.82, 2.24) is 0 Å². The molecule has 82 valence electrons. The van der Waals surface area contributed by atoms with E-state index in [-0.39, 0.29) is 11.2 Å². The fraction of sp³-hybridized carbons (Fsp3) is 0.500. The average Bonchev–Trinajstić information content (AvgIpc) is 1.99. The highest BCUT2D eigenvalue weighted by molar-refractivity contribution is 5.88. The third kappa shape index (κ3) is 2.68. The van der Waals surface area contributed by atoms with Crippen molar-refractivity contribution in [3.8, 4) is 0 Å². The molecule has 0 saturated carbocycles. The summed E-state index contributed by atoms with van der Waals surface area (Å²) in [6.45, 7) is 10.2. The number of allylic oxidation sites excluding steroid dienone is 6. The Bertz CT molecular complexity index is 365. The van der Waals surface area contributed by atoms with Gasteiger partial charge in [-0.05, 0) is 55.4 Å². The van der Waals surface area contributed by atoms with E-state index in [4.69, 9.17) is 0 Å². The molecule has 0 heterocycles. The normalized spacial score (nSPS) is 20.7. The second kappa shape index (κ2) is 4.18. The SMILES string of the molecule is CC(=O)/C=C(\C)C1=C(C)C=CCC1(C)C. The standard InChI is InChI=1S/C14H20O/c1-10-7-6-8-14(4,5)13(10)11(2)9-12(3)15/h6-7,9H,8H2,1-5H3/b11-9+. The molecule has 1 aliphatic carbocycles. The van der Waals surface area contributed by atoms with E-state index >= 15 is 0 Å². The van der Waals surface area contributed by atoms with Crippen molar-refractivity contribution in [2.24, 2.45) is 5.41 Å². The van der Waals surface area contributed by atoms with Gasteiger partial charge in [-0.15, -0.1) is 0 Å². The van der Waals surface area contributed by atoms with Crippen molar-refractivity contribution >= 4 is 5.78 Å². The second-order valence-corrected chi connectivity index (χ2v) is 4.99. The zero-order valence-corrected chi connectivity index (χ0v) is 10.3. The first kappa shape index (κ1) is 12.0. The first-order chi connectivity index (χ1) is 6.84. The van der Waals surface area contributed by atoms with E-state index in [2.05, 4.69) is 32.9 Å². The smallest absolute Gasteiger partial charge is 0.152 e. The lowest BCUT2D eigenvalue weighted by atomic mass is 9.73. The first-order valence-electron chi connectivity index (χ1n) is 5.42. The molecule has 1 nitrogen and oxygen atoms in total. The van der Waals surface area contributed by atoms with E-state index in [1.54, 1.807) is 13.0 Å². The minimum Gasteiger partial charge on any atom is -0.295 e. The van der Waals surface area contributed by atoms with Crippen molar-refractivity contribution < 1.29 is 4.79 Å². The maximum atomic E-state index is 11.1. The quantitative estimate of drug-likeness (QED) is 0.625. The van der Waals surface area contributed by atoms with E-state index in [9.17, 15) is 4.79 Å². The summed E-state index contributed by atoms with van der Waals surface area (Å²) in [6, 6.07) is 0. The second-order valence-electron chi connectivity index (χ2n) is 4.99. The molecule has 0 aromatic carbocycles. The Morgan fingerprint density at radius 2 is 2.00 bits per heavy atom. The Morgan fingerprint density at radius 3 is 2.47 bits per heavy atom. The van der Waals surface area contributed by atoms with Crippen molar-refractivity contribution in [2.75, 3.05) is 0 Å². The minimum absolute atomic E-state index is 0.123. The van der Waals surface area contributed by atoms with Gasteiger partial charge in [-0.3, -0.25) is 4.79 Å². The van der Waals surface area contributed by atoms with Crippen molar-refractivity contribution in [3.05, 3.63) is 34.9 Å². The predicted octanol–water partition coefficient (Wildman–Crippen LogP) is 3.82. The van der Waals surface area contributed by atoms with E-state index < -0.39 is 0 Å². The third-order valence-electron chi connectivity index (χ3n) is 2.88. The van der Waals surface area contributed by atoms with Gasteiger partial charge in [-0.25, -0.2) is 0 Å². The van der Waals surface area contributed by atoms with Crippen LogP contribution < -0.4 is 0 Å². The molecule has 0 aliphatic heterocycles. The van der Waals surface area contributed by atoms with Gasteiger partial charge in [-0.2, -0.15) is 0 Å². The van der Waals surface area contributed by atoms with Crippen LogP contribution in [0.25, 0.3) is 0 Å². The summed E-state index contributed by atoms with van der Waals surface area (Å²) in [4.78, 5) is 11.1. The number of hydrogen-bond acceptors (Lipinski definition) is 1. The summed E-state index contributed by atoms with van der Waals surface area (Å²) in [6.07, 6.45) is 7.14. The van der Waals surface area contributed by atoms with Crippen LogP contribution in [0.15, 0.2) is 34.9 Å². The Labute approximate surface area is 92.6 Å². The van der Waals surface area contributed by atoms with E-state index in [0.29, 0.717) is 0 Å². The van der Waals surface area contributed by atoms with E-state index in [0.717, 1.165) is 12.0 Å². The molecule has 0 bridgehead atoms. The highest BCUT2D eigenvalue weighted by Crippen LogP contribution is 2.40. The Hall–Kier alpha value is -1.11. The fourth-order valence-electron chi connectivity index (χ4n) is 2.47. The number of ketones is 1. The van der Waals surface area contributed by atoms with Gasteiger partial charge in [-0.1, -0.05) is 26.0 Å². The van der Waals surface area contributed by atoms with Crippen molar-refractivity contribution in [3.63, 3.8) is 0 Å². The number of hydrogen-bond donors (Lipinski definition) is 0. The lowest BCUT2D eigenvalue weighted by Crippen LogP contribution is -2.19. The zero-order valence-electron chi connectivity index (χ0n) is 10.3. The van der Waals surface area contributed by atoms with Crippen LogP contribution in [-0.2, 0) is 4.79 Å². The van der Waals surface area contributed by atoms with Crippen LogP contribution in [0.1, 0.15) is 41.0 Å². The molecule has 0 saturated heterocycles. The number of carbonyl (C=O) groups is 1. The molecule has 0 radical (unpaired) electrons. The van der Waals surface area contributed by atoms with E-state index in [1.807, 2.05) is 6.92 Å². The predicted molar refractivity (Wildman–Crippen MR) is 64.7 cm³/mol.